The zero-order valence-electron chi connectivity index (χ0n) is 16.0. The smallest absolute Gasteiger partial charge is 0.363 e. The maximum atomic E-state index is 13.4. The minimum Gasteiger partial charge on any atom is -0.487 e. The van der Waals surface area contributed by atoms with Crippen LogP contribution in [0.1, 0.15) is 16.7 Å². The SMILES string of the molecule is O=C1OC(c2ccc(Cl)c(Cl)c2)=N/C1=C\c1cc(Br)c(OCc2cccc(F)c2)c(Br)c1. The van der Waals surface area contributed by atoms with Gasteiger partial charge in [0, 0.05) is 5.56 Å². The molecular weight excluding hydrogens is 588 g/mol. The molecule has 0 saturated carbocycles. The molecule has 9 heteroatoms. The number of carbonyl (C=O) groups excluding carboxylic acids is 1. The van der Waals surface area contributed by atoms with Crippen LogP contribution >= 0.6 is 55.1 Å². The summed E-state index contributed by atoms with van der Waals surface area (Å²) >= 11 is 18.9. The second kappa shape index (κ2) is 9.75. The molecule has 0 aromatic heterocycles. The van der Waals surface area contributed by atoms with Crippen molar-refractivity contribution in [3.8, 4) is 5.75 Å². The van der Waals surface area contributed by atoms with Gasteiger partial charge in [-0.2, -0.15) is 0 Å². The number of nitrogens with zero attached hydrogens (tertiary/aromatic N) is 1. The van der Waals surface area contributed by atoms with Crippen molar-refractivity contribution >= 4 is 73.0 Å². The molecule has 3 aromatic rings. The summed E-state index contributed by atoms with van der Waals surface area (Å²) in [5.74, 6) is -0.210. The molecule has 0 saturated heterocycles. The van der Waals surface area contributed by atoms with Crippen molar-refractivity contribution in [2.45, 2.75) is 6.61 Å². The predicted octanol–water partition coefficient (Wildman–Crippen LogP) is 7.58. The van der Waals surface area contributed by atoms with Gasteiger partial charge in [-0.1, -0.05) is 35.3 Å². The van der Waals surface area contributed by atoms with Gasteiger partial charge in [0.2, 0.25) is 5.90 Å². The van der Waals surface area contributed by atoms with Gasteiger partial charge in [0.1, 0.15) is 18.2 Å². The Balaban J connectivity index is 1.56. The quantitative estimate of drug-likeness (QED) is 0.224. The van der Waals surface area contributed by atoms with E-state index in [0.29, 0.717) is 41.4 Å². The summed E-state index contributed by atoms with van der Waals surface area (Å²) in [6.45, 7) is 0.193. The number of cyclic esters (lactones) is 1. The molecule has 4 nitrogen and oxygen atoms in total. The third-order valence-electron chi connectivity index (χ3n) is 4.38. The van der Waals surface area contributed by atoms with E-state index in [9.17, 15) is 9.18 Å². The van der Waals surface area contributed by atoms with Crippen LogP contribution < -0.4 is 4.74 Å². The van der Waals surface area contributed by atoms with Gasteiger partial charge < -0.3 is 9.47 Å². The van der Waals surface area contributed by atoms with Crippen LogP contribution in [0.4, 0.5) is 4.39 Å². The van der Waals surface area contributed by atoms with Gasteiger partial charge in [-0.3, -0.25) is 0 Å². The maximum Gasteiger partial charge on any atom is 0.363 e. The number of aliphatic imine (C=N–C) groups is 1. The Morgan fingerprint density at radius 2 is 1.78 bits per heavy atom. The maximum absolute atomic E-state index is 13.4. The highest BCUT2D eigenvalue weighted by atomic mass is 79.9. The summed E-state index contributed by atoms with van der Waals surface area (Å²) in [5.41, 5.74) is 2.07. The second-order valence-electron chi connectivity index (χ2n) is 6.70. The Morgan fingerprint density at radius 3 is 2.47 bits per heavy atom. The molecule has 0 N–H and O–H groups in total. The Kier molecular flexibility index (Phi) is 7.00. The third kappa shape index (κ3) is 5.23. The fourth-order valence-electron chi connectivity index (χ4n) is 2.90. The number of esters is 1. The Hall–Kier alpha value is -2.19. The summed E-state index contributed by atoms with van der Waals surface area (Å²) in [4.78, 5) is 16.6. The van der Waals surface area contributed by atoms with Gasteiger partial charge in [-0.05, 0) is 91.5 Å². The molecule has 162 valence electrons. The van der Waals surface area contributed by atoms with Crippen molar-refractivity contribution in [3.63, 3.8) is 0 Å². The predicted molar refractivity (Wildman–Crippen MR) is 130 cm³/mol. The van der Waals surface area contributed by atoms with Crippen molar-refractivity contribution in [3.05, 3.63) is 102 Å². The third-order valence-corrected chi connectivity index (χ3v) is 6.30. The lowest BCUT2D eigenvalue weighted by Gasteiger charge is -2.11. The van der Waals surface area contributed by atoms with Gasteiger partial charge >= 0.3 is 5.97 Å². The van der Waals surface area contributed by atoms with Crippen LogP contribution in [-0.2, 0) is 16.1 Å². The topological polar surface area (TPSA) is 47.9 Å². The van der Waals surface area contributed by atoms with Gasteiger partial charge in [0.25, 0.3) is 0 Å². The summed E-state index contributed by atoms with van der Waals surface area (Å²) < 4.78 is 25.8. The van der Waals surface area contributed by atoms with Crippen LogP contribution in [0.25, 0.3) is 6.08 Å². The van der Waals surface area contributed by atoms with Crippen molar-refractivity contribution in [1.82, 2.24) is 0 Å². The molecule has 32 heavy (non-hydrogen) atoms. The molecule has 4 rings (SSSR count). The van der Waals surface area contributed by atoms with Crippen LogP contribution in [0.5, 0.6) is 5.75 Å². The number of benzene rings is 3. The number of halogens is 5. The zero-order chi connectivity index (χ0) is 22.8. The van der Waals surface area contributed by atoms with E-state index in [0.717, 1.165) is 0 Å². The average molecular weight is 600 g/mol. The van der Waals surface area contributed by atoms with E-state index >= 15 is 0 Å². The lowest BCUT2D eigenvalue weighted by atomic mass is 10.2. The Bertz CT molecular complexity index is 1270. The molecule has 0 radical (unpaired) electrons. The van der Waals surface area contributed by atoms with E-state index in [1.165, 1.54) is 12.1 Å². The van der Waals surface area contributed by atoms with Crippen LogP contribution in [0.15, 0.2) is 74.2 Å². The van der Waals surface area contributed by atoms with Gasteiger partial charge in [-0.25, -0.2) is 14.2 Å². The molecule has 0 spiro atoms. The number of hydrogen-bond donors (Lipinski definition) is 0. The van der Waals surface area contributed by atoms with Crippen molar-refractivity contribution in [1.29, 1.82) is 0 Å². The normalized spacial score (nSPS) is 14.5. The molecule has 0 atom stereocenters. The van der Waals surface area contributed by atoms with E-state index in [4.69, 9.17) is 32.7 Å². The van der Waals surface area contributed by atoms with Crippen LogP contribution in [0.3, 0.4) is 0 Å². The molecule has 0 amide bonds. The highest BCUT2D eigenvalue weighted by Gasteiger charge is 2.25. The summed E-state index contributed by atoms with van der Waals surface area (Å²) in [6.07, 6.45) is 1.60. The summed E-state index contributed by atoms with van der Waals surface area (Å²) in [6, 6.07) is 14.6. The van der Waals surface area contributed by atoms with Crippen LogP contribution in [-0.4, -0.2) is 11.9 Å². The molecule has 1 aliphatic rings. The monoisotopic (exact) mass is 597 g/mol. The number of carbonyl (C=O) groups is 1. The van der Waals surface area contributed by atoms with Crippen LogP contribution in [0, 0.1) is 5.82 Å². The van der Waals surface area contributed by atoms with Crippen LogP contribution in [0.2, 0.25) is 10.0 Å². The van der Waals surface area contributed by atoms with Crippen molar-refractivity contribution < 1.29 is 18.7 Å². The van der Waals surface area contributed by atoms with Gasteiger partial charge in [0.05, 0.1) is 19.0 Å². The largest absolute Gasteiger partial charge is 0.487 e. The highest BCUT2D eigenvalue weighted by molar-refractivity contribution is 9.11. The number of hydrogen-bond acceptors (Lipinski definition) is 4. The minimum atomic E-state index is -0.579. The molecule has 0 bridgehead atoms. The van der Waals surface area contributed by atoms with E-state index < -0.39 is 5.97 Å². The van der Waals surface area contributed by atoms with Gasteiger partial charge in [-0.15, -0.1) is 0 Å². The van der Waals surface area contributed by atoms with Crippen molar-refractivity contribution in [2.24, 2.45) is 4.99 Å². The first-order valence-corrected chi connectivity index (χ1v) is 11.5. The molecule has 0 aliphatic carbocycles. The molecular formula is C23H12Br2Cl2FNO3. The van der Waals surface area contributed by atoms with Gasteiger partial charge in [0.15, 0.2) is 5.70 Å². The van der Waals surface area contributed by atoms with E-state index in [1.54, 1.807) is 48.5 Å². The summed E-state index contributed by atoms with van der Waals surface area (Å²) in [7, 11) is 0. The lowest BCUT2D eigenvalue weighted by Crippen LogP contribution is -2.05. The molecule has 0 unspecified atom stereocenters. The standard InChI is InChI=1S/C23H12Br2Cl2FNO3/c24-16-7-13(8-17(25)21(16)31-11-12-2-1-3-15(28)6-12)9-20-23(30)32-22(29-20)14-4-5-18(26)19(27)10-14/h1-10H,11H2/b20-9-. The van der Waals surface area contributed by atoms with E-state index in [-0.39, 0.29) is 24.0 Å². The van der Waals surface area contributed by atoms with E-state index in [1.807, 2.05) is 0 Å². The first-order chi connectivity index (χ1) is 15.3. The fourth-order valence-corrected chi connectivity index (χ4v) is 4.65. The zero-order valence-corrected chi connectivity index (χ0v) is 20.7. The first-order valence-electron chi connectivity index (χ1n) is 9.14. The molecule has 3 aromatic carbocycles. The fraction of sp³-hybridized carbons (Fsp3) is 0.0435. The van der Waals surface area contributed by atoms with E-state index in [2.05, 4.69) is 36.9 Å². The minimum absolute atomic E-state index is 0.137. The number of ether oxygens (including phenoxy) is 2. The summed E-state index contributed by atoms with van der Waals surface area (Å²) in [5, 5.41) is 0.729. The average Bonchev–Trinajstić information content (AvgIpc) is 3.10. The highest BCUT2D eigenvalue weighted by Crippen LogP contribution is 2.36. The Labute approximate surface area is 209 Å². The molecule has 1 heterocycles. The molecule has 1 aliphatic heterocycles. The first kappa shape index (κ1) is 23.0. The second-order valence-corrected chi connectivity index (χ2v) is 9.22. The van der Waals surface area contributed by atoms with Crippen molar-refractivity contribution in [2.75, 3.05) is 0 Å². The molecule has 0 fully saturated rings. The lowest BCUT2D eigenvalue weighted by molar-refractivity contribution is -0.129. The number of rotatable bonds is 5. The Morgan fingerprint density at radius 1 is 1.03 bits per heavy atom.